The van der Waals surface area contributed by atoms with Gasteiger partial charge in [0.25, 0.3) is 0 Å². The molecule has 0 aromatic carbocycles. The average molecular weight is 1130 g/mol. The lowest BCUT2D eigenvalue weighted by atomic mass is 10.1. The maximum Gasteiger partial charge on any atom is 0.306 e. The Morgan fingerprint density at radius 2 is 0.476 bits per heavy atom. The Hall–Kier alpha value is -4.71. The van der Waals surface area contributed by atoms with Crippen LogP contribution in [-0.2, 0) is 28.6 Å². The van der Waals surface area contributed by atoms with E-state index in [0.717, 1.165) is 161 Å². The largest absolute Gasteiger partial charge is 0.462 e. The molecular formula is C76H124O6. The van der Waals surface area contributed by atoms with Crippen LogP contribution in [0.1, 0.15) is 297 Å². The van der Waals surface area contributed by atoms with Crippen molar-refractivity contribution in [3.8, 4) is 0 Å². The Kier molecular flexibility index (Phi) is 64.8. The van der Waals surface area contributed by atoms with Gasteiger partial charge in [-0.05, 0) is 148 Å². The van der Waals surface area contributed by atoms with Crippen LogP contribution in [0.5, 0.6) is 0 Å². The molecule has 0 N–H and O–H groups in total. The van der Waals surface area contributed by atoms with Gasteiger partial charge in [0.15, 0.2) is 6.10 Å². The summed E-state index contributed by atoms with van der Waals surface area (Å²) < 4.78 is 16.9. The van der Waals surface area contributed by atoms with Crippen LogP contribution in [0.15, 0.2) is 146 Å². The third-order valence-electron chi connectivity index (χ3n) is 14.0. The fourth-order valence-electron chi connectivity index (χ4n) is 8.99. The zero-order valence-corrected chi connectivity index (χ0v) is 53.2. The second-order valence-corrected chi connectivity index (χ2v) is 22.0. The normalized spacial score (nSPS) is 13.1. The van der Waals surface area contributed by atoms with Gasteiger partial charge in [0.1, 0.15) is 13.2 Å². The summed E-state index contributed by atoms with van der Waals surface area (Å²) in [4.78, 5) is 38.4. The van der Waals surface area contributed by atoms with Gasteiger partial charge in [-0.3, -0.25) is 14.4 Å². The molecule has 0 radical (unpaired) electrons. The summed E-state index contributed by atoms with van der Waals surface area (Å²) in [5.41, 5.74) is 0. The lowest BCUT2D eigenvalue weighted by Crippen LogP contribution is -2.30. The van der Waals surface area contributed by atoms with Gasteiger partial charge in [0.05, 0.1) is 0 Å². The number of carbonyl (C=O) groups excluding carboxylic acids is 3. The van der Waals surface area contributed by atoms with Gasteiger partial charge >= 0.3 is 17.9 Å². The molecule has 0 amide bonds. The second kappa shape index (κ2) is 68.8. The molecule has 0 rings (SSSR count). The van der Waals surface area contributed by atoms with Crippen molar-refractivity contribution in [1.82, 2.24) is 0 Å². The zero-order valence-electron chi connectivity index (χ0n) is 53.2. The highest BCUT2D eigenvalue weighted by molar-refractivity contribution is 5.71. The van der Waals surface area contributed by atoms with E-state index in [1.807, 2.05) is 0 Å². The molecule has 6 nitrogen and oxygen atoms in total. The number of esters is 3. The first-order valence-electron chi connectivity index (χ1n) is 33.8. The highest BCUT2D eigenvalue weighted by atomic mass is 16.6. The molecular weight excluding hydrogens is 1010 g/mol. The molecule has 0 saturated heterocycles. The predicted molar refractivity (Wildman–Crippen MR) is 357 cm³/mol. The van der Waals surface area contributed by atoms with Crippen molar-refractivity contribution in [1.29, 1.82) is 0 Å². The topological polar surface area (TPSA) is 78.9 Å². The van der Waals surface area contributed by atoms with Gasteiger partial charge in [-0.25, -0.2) is 0 Å². The molecule has 0 aliphatic rings. The Balaban J connectivity index is 4.40. The van der Waals surface area contributed by atoms with Gasteiger partial charge < -0.3 is 14.2 Å². The molecule has 0 fully saturated rings. The number of allylic oxidation sites excluding steroid dienone is 24. The fraction of sp³-hybridized carbons (Fsp3) is 0.645. The Bertz CT molecular complexity index is 1780. The summed E-state index contributed by atoms with van der Waals surface area (Å²) in [5, 5.41) is 0. The first-order chi connectivity index (χ1) is 40.5. The van der Waals surface area contributed by atoms with Gasteiger partial charge in [0.2, 0.25) is 0 Å². The number of carbonyl (C=O) groups is 3. The molecule has 1 atom stereocenters. The standard InChI is InChI=1S/C76H124O6/c1-4-7-10-13-16-19-22-25-28-31-32-33-34-35-36-37-38-39-40-41-42-43-44-46-48-51-54-57-60-63-66-69-75(78)81-72-73(71-80-74(77)68-65-62-59-56-53-50-47-30-27-24-21-18-15-12-9-6-3)82-76(79)70-67-64-61-58-55-52-49-45-29-26-23-20-17-14-11-8-5-2/h7,10,16-17,19-21,24-26,28-30,32-33,35-36,38-39,41-42,44,46-47,73H,4-6,8-9,11-15,18,22-23,27,31,34,37,40,43,45,48-72H2,1-3H3/b10-7-,19-16-,20-17-,24-21-,28-25-,29-26-,33-32-,36-35-,39-38-,42-41-,46-44-,47-30-. The van der Waals surface area contributed by atoms with E-state index < -0.39 is 6.10 Å². The number of hydrogen-bond acceptors (Lipinski definition) is 6. The molecule has 0 aliphatic carbocycles. The molecule has 0 aromatic heterocycles. The van der Waals surface area contributed by atoms with Crippen LogP contribution in [0.2, 0.25) is 0 Å². The zero-order chi connectivity index (χ0) is 59.2. The summed E-state index contributed by atoms with van der Waals surface area (Å²) >= 11 is 0. The third-order valence-corrected chi connectivity index (χ3v) is 14.0. The lowest BCUT2D eigenvalue weighted by Gasteiger charge is -2.18. The monoisotopic (exact) mass is 1130 g/mol. The molecule has 0 heterocycles. The van der Waals surface area contributed by atoms with Crippen molar-refractivity contribution in [2.24, 2.45) is 0 Å². The van der Waals surface area contributed by atoms with E-state index >= 15 is 0 Å². The minimum atomic E-state index is -0.802. The predicted octanol–water partition coefficient (Wildman–Crippen LogP) is 23.5. The molecule has 464 valence electrons. The summed E-state index contributed by atoms with van der Waals surface area (Å²) in [6, 6.07) is 0. The SMILES string of the molecule is CC/C=C\C/C=C\C/C=C\C/C=C\C/C=C\C/C=C\C/C=C\C/C=C\CCCCCCCCC(=O)OCC(COC(=O)CCCCCCC/C=C\C/C=C\CCCCCC)OC(=O)CCCCCCCCC/C=C\C/C=C\CCCCC. The quantitative estimate of drug-likeness (QED) is 0.0261. The Morgan fingerprint density at radius 1 is 0.256 bits per heavy atom. The number of unbranched alkanes of at least 4 members (excludes halogenated alkanes) is 25. The van der Waals surface area contributed by atoms with E-state index in [1.54, 1.807) is 0 Å². The summed E-state index contributed by atoms with van der Waals surface area (Å²) in [5.74, 6) is -0.929. The van der Waals surface area contributed by atoms with Crippen molar-refractivity contribution < 1.29 is 28.6 Å². The van der Waals surface area contributed by atoms with Crippen LogP contribution in [0.25, 0.3) is 0 Å². The molecule has 0 saturated carbocycles. The van der Waals surface area contributed by atoms with Gasteiger partial charge in [0, 0.05) is 19.3 Å². The first kappa shape index (κ1) is 77.3. The van der Waals surface area contributed by atoms with E-state index in [0.29, 0.717) is 19.3 Å². The number of rotatable bonds is 60. The van der Waals surface area contributed by atoms with Crippen LogP contribution in [0.4, 0.5) is 0 Å². The van der Waals surface area contributed by atoms with Gasteiger partial charge in [-0.1, -0.05) is 276 Å². The molecule has 0 bridgehead atoms. The Morgan fingerprint density at radius 3 is 0.768 bits per heavy atom. The smallest absolute Gasteiger partial charge is 0.306 e. The van der Waals surface area contributed by atoms with Crippen molar-refractivity contribution >= 4 is 17.9 Å². The summed E-state index contributed by atoms with van der Waals surface area (Å²) in [7, 11) is 0. The summed E-state index contributed by atoms with van der Waals surface area (Å²) in [6.07, 6.45) is 98.5. The maximum absolute atomic E-state index is 12.9. The molecule has 1 unspecified atom stereocenters. The molecule has 0 spiro atoms. The molecule has 0 aliphatic heterocycles. The van der Waals surface area contributed by atoms with E-state index in [9.17, 15) is 14.4 Å². The van der Waals surface area contributed by atoms with Crippen molar-refractivity contribution in [3.63, 3.8) is 0 Å². The number of hydrogen-bond donors (Lipinski definition) is 0. The third kappa shape index (κ3) is 66.1. The van der Waals surface area contributed by atoms with Gasteiger partial charge in [-0.15, -0.1) is 0 Å². The Labute approximate surface area is 506 Å². The first-order valence-corrected chi connectivity index (χ1v) is 33.8. The van der Waals surface area contributed by atoms with Crippen LogP contribution >= 0.6 is 0 Å². The minimum Gasteiger partial charge on any atom is -0.462 e. The molecule has 82 heavy (non-hydrogen) atoms. The minimum absolute atomic E-state index is 0.0971. The average Bonchev–Trinajstić information content (AvgIpc) is 3.48. The summed E-state index contributed by atoms with van der Waals surface area (Å²) in [6.45, 7) is 6.46. The number of ether oxygens (including phenoxy) is 3. The second-order valence-electron chi connectivity index (χ2n) is 22.0. The van der Waals surface area contributed by atoms with Crippen molar-refractivity contribution in [2.45, 2.75) is 303 Å². The van der Waals surface area contributed by atoms with E-state index in [4.69, 9.17) is 14.2 Å². The van der Waals surface area contributed by atoms with E-state index in [-0.39, 0.29) is 31.1 Å². The van der Waals surface area contributed by atoms with E-state index in [2.05, 4.69) is 167 Å². The molecule has 0 aromatic rings. The molecule has 6 heteroatoms. The van der Waals surface area contributed by atoms with Crippen LogP contribution in [0.3, 0.4) is 0 Å². The highest BCUT2D eigenvalue weighted by Crippen LogP contribution is 2.15. The maximum atomic E-state index is 12.9. The van der Waals surface area contributed by atoms with E-state index in [1.165, 1.54) is 96.3 Å². The lowest BCUT2D eigenvalue weighted by molar-refractivity contribution is -0.167. The van der Waals surface area contributed by atoms with Crippen molar-refractivity contribution in [3.05, 3.63) is 146 Å². The van der Waals surface area contributed by atoms with Gasteiger partial charge in [-0.2, -0.15) is 0 Å². The van der Waals surface area contributed by atoms with Crippen LogP contribution < -0.4 is 0 Å². The highest BCUT2D eigenvalue weighted by Gasteiger charge is 2.19. The van der Waals surface area contributed by atoms with Crippen LogP contribution in [-0.4, -0.2) is 37.2 Å². The van der Waals surface area contributed by atoms with Crippen LogP contribution in [0, 0.1) is 0 Å². The fourth-order valence-corrected chi connectivity index (χ4v) is 8.99. The van der Waals surface area contributed by atoms with Crippen molar-refractivity contribution in [2.75, 3.05) is 13.2 Å².